The second kappa shape index (κ2) is 6.54. The van der Waals surface area contributed by atoms with Crippen LogP contribution in [0.1, 0.15) is 21.0 Å². The third kappa shape index (κ3) is 3.39. The van der Waals surface area contributed by atoms with Crippen LogP contribution in [0.5, 0.6) is 0 Å². The molecule has 8 heteroatoms. The van der Waals surface area contributed by atoms with Crippen LogP contribution in [0.3, 0.4) is 0 Å². The van der Waals surface area contributed by atoms with Gasteiger partial charge in [0, 0.05) is 15.1 Å². The Bertz CT molecular complexity index is 865. The fraction of sp³-hybridized carbons (Fsp3) is 0.333. The Hall–Kier alpha value is -1.51. The summed E-state index contributed by atoms with van der Waals surface area (Å²) in [6.45, 7) is 8.09. The number of aryl methyl sites for hydroxylation is 4. The largest absolute Gasteiger partial charge is 0.301 e. The summed E-state index contributed by atoms with van der Waals surface area (Å²) in [7, 11) is 0. The lowest BCUT2D eigenvalue weighted by atomic mass is 10.2. The SMILES string of the molecule is Cc1nc(NC(=O)CSc2ncnc3sc(C)c(C)c23)sc1C. The number of nitrogens with zero attached hydrogens (tertiary/aromatic N) is 3. The molecule has 3 rings (SSSR count). The molecule has 0 saturated heterocycles. The van der Waals surface area contributed by atoms with Crippen LogP contribution in [0.4, 0.5) is 5.13 Å². The minimum atomic E-state index is -0.0693. The first-order valence-electron chi connectivity index (χ1n) is 7.03. The van der Waals surface area contributed by atoms with E-state index in [9.17, 15) is 4.79 Å². The number of fused-ring (bicyclic) bond motifs is 1. The van der Waals surface area contributed by atoms with Crippen molar-refractivity contribution in [2.24, 2.45) is 0 Å². The molecule has 120 valence electrons. The highest BCUT2D eigenvalue weighted by Crippen LogP contribution is 2.34. The average molecular weight is 365 g/mol. The molecule has 0 aliphatic rings. The van der Waals surface area contributed by atoms with E-state index < -0.39 is 0 Å². The van der Waals surface area contributed by atoms with E-state index in [1.165, 1.54) is 33.5 Å². The Labute approximate surface area is 146 Å². The van der Waals surface area contributed by atoms with E-state index in [1.807, 2.05) is 13.8 Å². The standard InChI is InChI=1S/C15H16N4OS3/c1-7-9(3)22-14-12(7)13(16-6-17-14)21-5-11(20)19-15-18-8(2)10(4)23-15/h6H,5H2,1-4H3,(H,18,19,20). The number of thiazole rings is 1. The van der Waals surface area contributed by atoms with E-state index in [-0.39, 0.29) is 5.91 Å². The highest BCUT2D eigenvalue weighted by molar-refractivity contribution is 8.00. The van der Waals surface area contributed by atoms with E-state index >= 15 is 0 Å². The van der Waals surface area contributed by atoms with Gasteiger partial charge in [0.25, 0.3) is 0 Å². The zero-order chi connectivity index (χ0) is 16.6. The fourth-order valence-corrected chi connectivity index (χ4v) is 4.82. The number of nitrogens with one attached hydrogen (secondary N) is 1. The number of anilines is 1. The van der Waals surface area contributed by atoms with Crippen LogP contribution in [-0.4, -0.2) is 26.6 Å². The number of rotatable bonds is 4. The predicted octanol–water partition coefficient (Wildman–Crippen LogP) is 4.11. The van der Waals surface area contributed by atoms with E-state index in [1.54, 1.807) is 17.7 Å². The lowest BCUT2D eigenvalue weighted by Crippen LogP contribution is -2.14. The maximum absolute atomic E-state index is 12.1. The van der Waals surface area contributed by atoms with Crippen LogP contribution in [0.25, 0.3) is 10.2 Å². The molecule has 0 aliphatic carbocycles. The molecule has 5 nitrogen and oxygen atoms in total. The van der Waals surface area contributed by atoms with E-state index in [4.69, 9.17) is 0 Å². The van der Waals surface area contributed by atoms with Crippen molar-refractivity contribution in [3.63, 3.8) is 0 Å². The van der Waals surface area contributed by atoms with Crippen molar-refractivity contribution in [1.82, 2.24) is 15.0 Å². The molecule has 0 fully saturated rings. The average Bonchev–Trinajstić information content (AvgIpc) is 2.97. The maximum Gasteiger partial charge on any atom is 0.236 e. The molecular weight excluding hydrogens is 348 g/mol. The third-order valence-electron chi connectivity index (χ3n) is 3.55. The molecule has 23 heavy (non-hydrogen) atoms. The molecule has 3 aromatic rings. The molecule has 0 radical (unpaired) electrons. The molecule has 3 aromatic heterocycles. The molecule has 1 N–H and O–H groups in total. The lowest BCUT2D eigenvalue weighted by molar-refractivity contribution is -0.113. The van der Waals surface area contributed by atoms with Gasteiger partial charge in [0.15, 0.2) is 5.13 Å². The summed E-state index contributed by atoms with van der Waals surface area (Å²) in [4.78, 5) is 28.4. The first-order chi connectivity index (χ1) is 11.0. The first kappa shape index (κ1) is 16.4. The Morgan fingerprint density at radius 2 is 1.96 bits per heavy atom. The Morgan fingerprint density at radius 3 is 2.65 bits per heavy atom. The topological polar surface area (TPSA) is 67.8 Å². The second-order valence-electron chi connectivity index (χ2n) is 5.14. The maximum atomic E-state index is 12.1. The molecule has 1 amide bonds. The van der Waals surface area contributed by atoms with Crippen molar-refractivity contribution in [2.75, 3.05) is 11.1 Å². The quantitative estimate of drug-likeness (QED) is 0.557. The van der Waals surface area contributed by atoms with E-state index in [2.05, 4.69) is 34.1 Å². The van der Waals surface area contributed by atoms with E-state index in [0.717, 1.165) is 25.8 Å². The van der Waals surface area contributed by atoms with Crippen LogP contribution in [0.15, 0.2) is 11.4 Å². The van der Waals surface area contributed by atoms with Gasteiger partial charge in [0.1, 0.15) is 16.2 Å². The van der Waals surface area contributed by atoms with Crippen molar-refractivity contribution in [3.05, 3.63) is 27.3 Å². The van der Waals surface area contributed by atoms with Crippen LogP contribution in [0.2, 0.25) is 0 Å². The summed E-state index contributed by atoms with van der Waals surface area (Å²) in [5.74, 6) is 0.234. The van der Waals surface area contributed by atoms with Crippen molar-refractivity contribution >= 4 is 55.7 Å². The molecule has 0 saturated carbocycles. The molecule has 0 aliphatic heterocycles. The zero-order valence-corrected chi connectivity index (χ0v) is 15.7. The van der Waals surface area contributed by atoms with Crippen LogP contribution >= 0.6 is 34.4 Å². The van der Waals surface area contributed by atoms with Crippen molar-refractivity contribution in [2.45, 2.75) is 32.7 Å². The van der Waals surface area contributed by atoms with Gasteiger partial charge >= 0.3 is 0 Å². The van der Waals surface area contributed by atoms with E-state index in [0.29, 0.717) is 10.9 Å². The van der Waals surface area contributed by atoms with Gasteiger partial charge in [0.05, 0.1) is 11.4 Å². The minimum absolute atomic E-state index is 0.0693. The zero-order valence-electron chi connectivity index (χ0n) is 13.3. The van der Waals surface area contributed by atoms with Gasteiger partial charge in [-0.3, -0.25) is 4.79 Å². The molecule has 0 spiro atoms. The molecule has 0 atom stereocenters. The van der Waals surface area contributed by atoms with Gasteiger partial charge in [-0.25, -0.2) is 15.0 Å². The smallest absolute Gasteiger partial charge is 0.236 e. The van der Waals surface area contributed by atoms with Crippen molar-refractivity contribution in [3.8, 4) is 0 Å². The molecule has 0 bridgehead atoms. The third-order valence-corrected chi connectivity index (χ3v) is 6.64. The summed E-state index contributed by atoms with van der Waals surface area (Å²) in [5, 5.41) is 5.43. The number of aromatic nitrogens is 3. The highest BCUT2D eigenvalue weighted by atomic mass is 32.2. The van der Waals surface area contributed by atoms with Gasteiger partial charge in [-0.05, 0) is 33.3 Å². The Kier molecular flexibility index (Phi) is 4.65. The monoisotopic (exact) mass is 364 g/mol. The number of amides is 1. The Morgan fingerprint density at radius 1 is 1.17 bits per heavy atom. The summed E-state index contributed by atoms with van der Waals surface area (Å²) >= 11 is 4.59. The van der Waals surface area contributed by atoms with Gasteiger partial charge in [0.2, 0.25) is 5.91 Å². The number of thiophene rings is 1. The number of carbonyl (C=O) groups excluding carboxylic acids is 1. The van der Waals surface area contributed by atoms with Crippen molar-refractivity contribution in [1.29, 1.82) is 0 Å². The predicted molar refractivity (Wildman–Crippen MR) is 97.8 cm³/mol. The van der Waals surface area contributed by atoms with Gasteiger partial charge in [-0.2, -0.15) is 0 Å². The Balaban J connectivity index is 1.72. The van der Waals surface area contributed by atoms with Crippen molar-refractivity contribution < 1.29 is 4.79 Å². The summed E-state index contributed by atoms with van der Waals surface area (Å²) < 4.78 is 0. The molecule has 0 unspecified atom stereocenters. The molecule has 0 aromatic carbocycles. The molecular formula is C15H16N4OS3. The summed E-state index contributed by atoms with van der Waals surface area (Å²) in [6.07, 6.45) is 1.56. The number of carbonyl (C=O) groups is 1. The van der Waals surface area contributed by atoms with Gasteiger partial charge in [-0.15, -0.1) is 22.7 Å². The van der Waals surface area contributed by atoms with Crippen LogP contribution in [0, 0.1) is 27.7 Å². The minimum Gasteiger partial charge on any atom is -0.301 e. The van der Waals surface area contributed by atoms with Gasteiger partial charge < -0.3 is 5.32 Å². The lowest BCUT2D eigenvalue weighted by Gasteiger charge is -2.03. The number of hydrogen-bond donors (Lipinski definition) is 1. The summed E-state index contributed by atoms with van der Waals surface area (Å²) in [5.41, 5.74) is 2.15. The van der Waals surface area contributed by atoms with Crippen LogP contribution in [-0.2, 0) is 4.79 Å². The first-order valence-corrected chi connectivity index (χ1v) is 9.65. The number of thioether (sulfide) groups is 1. The second-order valence-corrected chi connectivity index (χ2v) is 8.51. The fourth-order valence-electron chi connectivity index (χ4n) is 2.07. The molecule has 3 heterocycles. The highest BCUT2D eigenvalue weighted by Gasteiger charge is 2.14. The van der Waals surface area contributed by atoms with Crippen LogP contribution < -0.4 is 5.32 Å². The van der Waals surface area contributed by atoms with Gasteiger partial charge in [-0.1, -0.05) is 11.8 Å². The summed E-state index contributed by atoms with van der Waals surface area (Å²) in [6, 6.07) is 0. The normalized spacial score (nSPS) is 11.1. The number of hydrogen-bond acceptors (Lipinski definition) is 7.